The summed E-state index contributed by atoms with van der Waals surface area (Å²) in [4.78, 5) is 38.2. The molecular formula is C68H116O6. The molecule has 0 fully saturated rings. The maximum absolute atomic E-state index is 12.9. The lowest BCUT2D eigenvalue weighted by molar-refractivity contribution is -0.167. The summed E-state index contributed by atoms with van der Waals surface area (Å²) in [6.45, 7) is 6.47. The van der Waals surface area contributed by atoms with Gasteiger partial charge in [0.25, 0.3) is 0 Å². The van der Waals surface area contributed by atoms with Gasteiger partial charge in [-0.05, 0) is 116 Å². The number of ether oxygens (including phenoxy) is 3. The molecule has 0 aromatic carbocycles. The second-order valence-electron chi connectivity index (χ2n) is 20.6. The maximum Gasteiger partial charge on any atom is 0.306 e. The Kier molecular flexibility index (Phi) is 58.8. The summed E-state index contributed by atoms with van der Waals surface area (Å²) in [7, 11) is 0. The van der Waals surface area contributed by atoms with Crippen LogP contribution in [0.2, 0.25) is 0 Å². The Hall–Kier alpha value is -3.67. The minimum Gasteiger partial charge on any atom is -0.462 e. The van der Waals surface area contributed by atoms with E-state index < -0.39 is 6.10 Å². The Balaban J connectivity index is 4.37. The predicted molar refractivity (Wildman–Crippen MR) is 320 cm³/mol. The van der Waals surface area contributed by atoms with Crippen LogP contribution < -0.4 is 0 Å². The van der Waals surface area contributed by atoms with Crippen LogP contribution in [0.4, 0.5) is 0 Å². The van der Waals surface area contributed by atoms with Gasteiger partial charge in [-0.1, -0.05) is 259 Å². The normalized spacial score (nSPS) is 12.7. The molecule has 74 heavy (non-hydrogen) atoms. The van der Waals surface area contributed by atoms with Crippen molar-refractivity contribution in [2.45, 2.75) is 303 Å². The molecule has 0 aromatic rings. The molecule has 0 aliphatic heterocycles. The highest BCUT2D eigenvalue weighted by Crippen LogP contribution is 2.16. The fraction of sp³-hybridized carbons (Fsp3) is 0.721. The smallest absolute Gasteiger partial charge is 0.306 e. The molecule has 1 atom stereocenters. The van der Waals surface area contributed by atoms with Crippen LogP contribution in [0.3, 0.4) is 0 Å². The van der Waals surface area contributed by atoms with Gasteiger partial charge in [-0.15, -0.1) is 0 Å². The number of hydrogen-bond donors (Lipinski definition) is 0. The molecule has 0 rings (SSSR count). The molecule has 1 unspecified atom stereocenters. The van der Waals surface area contributed by atoms with E-state index in [0.717, 1.165) is 96.3 Å². The lowest BCUT2D eigenvalue weighted by atomic mass is 10.0. The Bertz CT molecular complexity index is 1460. The van der Waals surface area contributed by atoms with Gasteiger partial charge in [0.2, 0.25) is 0 Å². The Morgan fingerprint density at radius 3 is 0.878 bits per heavy atom. The summed E-state index contributed by atoms with van der Waals surface area (Å²) in [6, 6.07) is 0. The van der Waals surface area contributed by atoms with E-state index in [-0.39, 0.29) is 37.5 Å². The molecule has 0 aliphatic rings. The van der Waals surface area contributed by atoms with Crippen LogP contribution in [-0.4, -0.2) is 37.2 Å². The highest BCUT2D eigenvalue weighted by Gasteiger charge is 2.19. The number of rotatable bonds is 56. The van der Waals surface area contributed by atoms with E-state index in [2.05, 4.69) is 118 Å². The molecule has 0 saturated carbocycles. The Morgan fingerprint density at radius 2 is 0.541 bits per heavy atom. The van der Waals surface area contributed by atoms with Gasteiger partial charge in [-0.3, -0.25) is 14.4 Å². The van der Waals surface area contributed by atoms with Gasteiger partial charge < -0.3 is 14.2 Å². The zero-order chi connectivity index (χ0) is 53.6. The largest absolute Gasteiger partial charge is 0.462 e. The number of unbranched alkanes of at least 4 members (excludes halogenated alkanes) is 29. The highest BCUT2D eigenvalue weighted by atomic mass is 16.6. The van der Waals surface area contributed by atoms with E-state index in [4.69, 9.17) is 14.2 Å². The van der Waals surface area contributed by atoms with Crippen molar-refractivity contribution in [3.63, 3.8) is 0 Å². The van der Waals surface area contributed by atoms with Crippen LogP contribution in [0.5, 0.6) is 0 Å². The van der Waals surface area contributed by atoms with Crippen molar-refractivity contribution in [3.8, 4) is 0 Å². The van der Waals surface area contributed by atoms with Gasteiger partial charge in [0, 0.05) is 19.3 Å². The molecule has 0 saturated heterocycles. The first kappa shape index (κ1) is 70.3. The zero-order valence-corrected chi connectivity index (χ0v) is 48.6. The van der Waals surface area contributed by atoms with Crippen LogP contribution in [0.15, 0.2) is 97.2 Å². The standard InChI is InChI=1S/C68H116O6/c1-4-7-10-13-16-19-22-25-28-30-31-32-33-34-35-36-37-39-40-43-46-49-52-55-58-61-67(70)73-64-65(63-72-66(69)60-57-54-51-48-45-42-27-24-21-18-15-12-9-6-3)74-68(71)62-59-56-53-50-47-44-41-38-29-26-23-20-17-14-11-8-5-2/h8,11,17,20,22,24-27,29-31,41,44,50,53,65H,4-7,9-10,12-16,18-19,21,23,28,32-40,42-43,45-49,51-52,54-64H2,1-3H3/b11-8-,20-17-,25-22-,27-24-,29-26-,31-30-,44-41-,53-50-. The third-order valence-corrected chi connectivity index (χ3v) is 13.3. The molecule has 6 nitrogen and oxygen atoms in total. The van der Waals surface area contributed by atoms with E-state index in [1.54, 1.807) is 0 Å². The maximum atomic E-state index is 12.9. The first-order chi connectivity index (χ1) is 36.5. The highest BCUT2D eigenvalue weighted by molar-refractivity contribution is 5.71. The number of allylic oxidation sites excluding steroid dienone is 16. The van der Waals surface area contributed by atoms with E-state index >= 15 is 0 Å². The van der Waals surface area contributed by atoms with E-state index in [1.165, 1.54) is 154 Å². The van der Waals surface area contributed by atoms with Crippen molar-refractivity contribution in [3.05, 3.63) is 97.2 Å². The second-order valence-corrected chi connectivity index (χ2v) is 20.6. The SMILES string of the molecule is CC/C=C\C/C=C\C/C=C\C/C=C\C/C=C\CCCC(=O)OC(COC(=O)CCCCCCC/C=C\CCCCCCC)COC(=O)CCCCCCCCCCCCCCC/C=C\C/C=C\CCCCCCC. The van der Waals surface area contributed by atoms with Crippen LogP contribution in [0.1, 0.15) is 297 Å². The Morgan fingerprint density at radius 1 is 0.284 bits per heavy atom. The molecule has 0 radical (unpaired) electrons. The molecule has 6 heteroatoms. The van der Waals surface area contributed by atoms with Crippen LogP contribution >= 0.6 is 0 Å². The van der Waals surface area contributed by atoms with Crippen LogP contribution in [0, 0.1) is 0 Å². The second kappa shape index (κ2) is 61.9. The van der Waals surface area contributed by atoms with Gasteiger partial charge in [0.15, 0.2) is 6.10 Å². The summed E-state index contributed by atoms with van der Waals surface area (Å²) < 4.78 is 16.8. The predicted octanol–water partition coefficient (Wildman–Crippen LogP) is 21.3. The number of carbonyl (C=O) groups excluding carboxylic acids is 3. The number of hydrogen-bond acceptors (Lipinski definition) is 6. The van der Waals surface area contributed by atoms with Gasteiger partial charge in [-0.2, -0.15) is 0 Å². The minimum atomic E-state index is -0.812. The monoisotopic (exact) mass is 1030 g/mol. The summed E-state index contributed by atoms with van der Waals surface area (Å²) in [5.41, 5.74) is 0. The quantitative estimate of drug-likeness (QED) is 0.0261. The summed E-state index contributed by atoms with van der Waals surface area (Å²) in [5, 5.41) is 0. The first-order valence-corrected chi connectivity index (χ1v) is 31.2. The van der Waals surface area contributed by atoms with Crippen LogP contribution in [0.25, 0.3) is 0 Å². The summed E-state index contributed by atoms with van der Waals surface area (Å²) >= 11 is 0. The minimum absolute atomic E-state index is 0.102. The molecule has 424 valence electrons. The van der Waals surface area contributed by atoms with Crippen LogP contribution in [-0.2, 0) is 28.6 Å². The average Bonchev–Trinajstić information content (AvgIpc) is 3.40. The molecule has 0 N–H and O–H groups in total. The van der Waals surface area contributed by atoms with Gasteiger partial charge in [0.1, 0.15) is 13.2 Å². The first-order valence-electron chi connectivity index (χ1n) is 31.2. The zero-order valence-electron chi connectivity index (χ0n) is 48.6. The molecule has 0 aliphatic carbocycles. The van der Waals surface area contributed by atoms with Gasteiger partial charge in [-0.25, -0.2) is 0 Å². The van der Waals surface area contributed by atoms with E-state index in [0.29, 0.717) is 19.3 Å². The lowest BCUT2D eigenvalue weighted by Gasteiger charge is -2.18. The third-order valence-electron chi connectivity index (χ3n) is 13.3. The van der Waals surface area contributed by atoms with Crippen molar-refractivity contribution in [1.82, 2.24) is 0 Å². The van der Waals surface area contributed by atoms with Crippen molar-refractivity contribution in [2.24, 2.45) is 0 Å². The average molecular weight is 1030 g/mol. The van der Waals surface area contributed by atoms with Gasteiger partial charge >= 0.3 is 17.9 Å². The van der Waals surface area contributed by atoms with Crippen molar-refractivity contribution >= 4 is 17.9 Å². The molecule has 0 aromatic heterocycles. The lowest BCUT2D eigenvalue weighted by Crippen LogP contribution is -2.30. The number of esters is 3. The molecule has 0 spiro atoms. The Labute approximate surface area is 457 Å². The summed E-state index contributed by atoms with van der Waals surface area (Å²) in [5.74, 6) is -0.964. The van der Waals surface area contributed by atoms with Crippen molar-refractivity contribution < 1.29 is 28.6 Å². The molecule has 0 bridgehead atoms. The summed E-state index contributed by atoms with van der Waals surface area (Å²) in [6.07, 6.45) is 82.8. The van der Waals surface area contributed by atoms with Crippen molar-refractivity contribution in [2.75, 3.05) is 13.2 Å². The van der Waals surface area contributed by atoms with Gasteiger partial charge in [0.05, 0.1) is 0 Å². The fourth-order valence-corrected chi connectivity index (χ4v) is 8.62. The topological polar surface area (TPSA) is 78.9 Å². The molecule has 0 amide bonds. The molecule has 0 heterocycles. The number of carbonyl (C=O) groups is 3. The molecular weight excluding hydrogens is 913 g/mol. The van der Waals surface area contributed by atoms with E-state index in [1.807, 2.05) is 0 Å². The fourth-order valence-electron chi connectivity index (χ4n) is 8.62. The third kappa shape index (κ3) is 59.2. The van der Waals surface area contributed by atoms with E-state index in [9.17, 15) is 14.4 Å². The van der Waals surface area contributed by atoms with Crippen molar-refractivity contribution in [1.29, 1.82) is 0 Å².